The van der Waals surface area contributed by atoms with Crippen molar-refractivity contribution in [2.75, 3.05) is 7.05 Å². The minimum Gasteiger partial charge on any atom is -0.357 e. The van der Waals surface area contributed by atoms with Gasteiger partial charge in [0.25, 0.3) is 0 Å². The molecule has 1 atom stereocenters. The van der Waals surface area contributed by atoms with E-state index in [0.29, 0.717) is 10.0 Å². The quantitative estimate of drug-likeness (QED) is 0.806. The molecule has 4 nitrogen and oxygen atoms in total. The number of benzene rings is 2. The number of halogens is 2. The molecular formula is C20H22Cl2N2O2. The van der Waals surface area contributed by atoms with Gasteiger partial charge in [-0.1, -0.05) is 59.1 Å². The van der Waals surface area contributed by atoms with E-state index >= 15 is 0 Å². The molecule has 0 aromatic heterocycles. The Morgan fingerprint density at radius 3 is 2.50 bits per heavy atom. The Morgan fingerprint density at radius 1 is 1.15 bits per heavy atom. The number of amides is 2. The lowest BCUT2D eigenvalue weighted by molar-refractivity contribution is -0.139. The van der Waals surface area contributed by atoms with Crippen LogP contribution in [0.2, 0.25) is 10.0 Å². The van der Waals surface area contributed by atoms with Crippen molar-refractivity contribution in [1.29, 1.82) is 0 Å². The zero-order valence-electron chi connectivity index (χ0n) is 15.1. The maximum absolute atomic E-state index is 12.9. The van der Waals surface area contributed by atoms with E-state index in [9.17, 15) is 9.59 Å². The van der Waals surface area contributed by atoms with Crippen LogP contribution in [0.3, 0.4) is 0 Å². The molecule has 6 heteroatoms. The summed E-state index contributed by atoms with van der Waals surface area (Å²) in [5.74, 6) is -0.370. The van der Waals surface area contributed by atoms with Crippen LogP contribution in [0.5, 0.6) is 0 Å². The second kappa shape index (κ2) is 9.06. The summed E-state index contributed by atoms with van der Waals surface area (Å²) in [5, 5.41) is 3.59. The van der Waals surface area contributed by atoms with E-state index in [0.717, 1.165) is 16.7 Å². The highest BCUT2D eigenvalue weighted by Crippen LogP contribution is 2.23. The molecule has 0 aliphatic rings. The van der Waals surface area contributed by atoms with E-state index in [1.807, 2.05) is 31.2 Å². The molecule has 0 bridgehead atoms. The smallest absolute Gasteiger partial charge is 0.242 e. The van der Waals surface area contributed by atoms with E-state index in [1.54, 1.807) is 32.2 Å². The van der Waals surface area contributed by atoms with Crippen LogP contribution in [0, 0.1) is 6.92 Å². The van der Waals surface area contributed by atoms with E-state index in [1.165, 1.54) is 4.90 Å². The lowest BCUT2D eigenvalue weighted by Gasteiger charge is -2.29. The predicted octanol–water partition coefficient (Wildman–Crippen LogP) is 4.01. The van der Waals surface area contributed by atoms with Crippen LogP contribution < -0.4 is 5.32 Å². The summed E-state index contributed by atoms with van der Waals surface area (Å²) in [5.41, 5.74) is 2.73. The predicted molar refractivity (Wildman–Crippen MR) is 105 cm³/mol. The van der Waals surface area contributed by atoms with Crippen molar-refractivity contribution in [1.82, 2.24) is 10.2 Å². The van der Waals surface area contributed by atoms with Crippen molar-refractivity contribution in [3.63, 3.8) is 0 Å². The number of hydrogen-bond acceptors (Lipinski definition) is 2. The Balaban J connectivity index is 2.27. The first-order chi connectivity index (χ1) is 12.3. The number of carbonyl (C=O) groups excluding carboxylic acids is 2. The van der Waals surface area contributed by atoms with Gasteiger partial charge in [-0.05, 0) is 37.1 Å². The second-order valence-corrected chi connectivity index (χ2v) is 7.06. The molecule has 0 aliphatic heterocycles. The van der Waals surface area contributed by atoms with E-state index in [-0.39, 0.29) is 24.8 Å². The second-order valence-electron chi connectivity index (χ2n) is 6.21. The monoisotopic (exact) mass is 392 g/mol. The van der Waals surface area contributed by atoms with Gasteiger partial charge in [0.2, 0.25) is 11.8 Å². The van der Waals surface area contributed by atoms with Crippen molar-refractivity contribution in [2.24, 2.45) is 0 Å². The highest BCUT2D eigenvalue weighted by molar-refractivity contribution is 6.35. The third-order valence-electron chi connectivity index (χ3n) is 4.21. The fourth-order valence-electron chi connectivity index (χ4n) is 2.72. The van der Waals surface area contributed by atoms with Crippen LogP contribution in [-0.4, -0.2) is 29.8 Å². The molecule has 2 amide bonds. The molecular weight excluding hydrogens is 371 g/mol. The average Bonchev–Trinajstić information content (AvgIpc) is 2.59. The van der Waals surface area contributed by atoms with Gasteiger partial charge in [0.1, 0.15) is 6.04 Å². The fraction of sp³-hybridized carbons (Fsp3) is 0.300. The Kier molecular flexibility index (Phi) is 7.06. The van der Waals surface area contributed by atoms with Gasteiger partial charge in [-0.3, -0.25) is 9.59 Å². The Labute approximate surface area is 164 Å². The van der Waals surface area contributed by atoms with Gasteiger partial charge >= 0.3 is 0 Å². The van der Waals surface area contributed by atoms with Crippen LogP contribution in [-0.2, 0) is 22.6 Å². The molecule has 0 unspecified atom stereocenters. The van der Waals surface area contributed by atoms with Gasteiger partial charge in [-0.2, -0.15) is 0 Å². The average molecular weight is 393 g/mol. The highest BCUT2D eigenvalue weighted by atomic mass is 35.5. The lowest BCUT2D eigenvalue weighted by atomic mass is 10.1. The molecule has 2 aromatic rings. The third-order valence-corrected chi connectivity index (χ3v) is 4.79. The fourth-order valence-corrected chi connectivity index (χ4v) is 3.19. The Hall–Kier alpha value is -2.04. The first-order valence-electron chi connectivity index (χ1n) is 8.32. The highest BCUT2D eigenvalue weighted by Gasteiger charge is 2.26. The van der Waals surface area contributed by atoms with Crippen molar-refractivity contribution < 1.29 is 9.59 Å². The SMILES string of the molecule is CNC(=O)[C@@H](C)N(Cc1ccc(Cl)cc1Cl)C(=O)Cc1cccc(C)c1. The number of carbonyl (C=O) groups is 2. The van der Waals surface area contributed by atoms with E-state index < -0.39 is 6.04 Å². The van der Waals surface area contributed by atoms with Gasteiger partial charge < -0.3 is 10.2 Å². The molecule has 1 N–H and O–H groups in total. The molecule has 0 aliphatic carbocycles. The standard InChI is InChI=1S/C20H22Cl2N2O2/c1-13-5-4-6-15(9-13)10-19(25)24(14(2)20(26)23-3)12-16-7-8-17(21)11-18(16)22/h4-9,11,14H,10,12H2,1-3H3,(H,23,26)/t14-/m1/s1. The summed E-state index contributed by atoms with van der Waals surface area (Å²) >= 11 is 12.2. The van der Waals surface area contributed by atoms with Crippen molar-refractivity contribution in [2.45, 2.75) is 32.9 Å². The first kappa shape index (κ1) is 20.3. The topological polar surface area (TPSA) is 49.4 Å². The van der Waals surface area contributed by atoms with Gasteiger partial charge in [0.15, 0.2) is 0 Å². The molecule has 2 aromatic carbocycles. The van der Waals surface area contributed by atoms with E-state index in [4.69, 9.17) is 23.2 Å². The largest absolute Gasteiger partial charge is 0.357 e. The number of nitrogens with one attached hydrogen (secondary N) is 1. The molecule has 0 saturated heterocycles. The van der Waals surface area contributed by atoms with Gasteiger partial charge in [0, 0.05) is 23.6 Å². The minimum atomic E-state index is -0.621. The van der Waals surface area contributed by atoms with Crippen LogP contribution in [0.4, 0.5) is 0 Å². The summed E-state index contributed by atoms with van der Waals surface area (Å²) < 4.78 is 0. The van der Waals surface area contributed by atoms with Crippen LogP contribution >= 0.6 is 23.2 Å². The third kappa shape index (κ3) is 5.23. The molecule has 138 valence electrons. The zero-order valence-corrected chi connectivity index (χ0v) is 16.6. The van der Waals surface area contributed by atoms with Gasteiger partial charge in [-0.25, -0.2) is 0 Å². The maximum atomic E-state index is 12.9. The van der Waals surface area contributed by atoms with Gasteiger partial charge in [-0.15, -0.1) is 0 Å². The molecule has 0 heterocycles. The summed E-state index contributed by atoms with van der Waals surface area (Å²) in [6.07, 6.45) is 0.216. The lowest BCUT2D eigenvalue weighted by Crippen LogP contribution is -2.47. The first-order valence-corrected chi connectivity index (χ1v) is 9.08. The Bertz CT molecular complexity index is 808. The number of nitrogens with zero attached hydrogens (tertiary/aromatic N) is 1. The van der Waals surface area contributed by atoms with Crippen molar-refractivity contribution in [3.05, 3.63) is 69.2 Å². The normalized spacial score (nSPS) is 11.7. The molecule has 0 radical (unpaired) electrons. The van der Waals surface area contributed by atoms with Crippen molar-refractivity contribution >= 4 is 35.0 Å². The van der Waals surface area contributed by atoms with Crippen LogP contribution in [0.1, 0.15) is 23.6 Å². The van der Waals surface area contributed by atoms with Crippen LogP contribution in [0.15, 0.2) is 42.5 Å². The van der Waals surface area contributed by atoms with Crippen LogP contribution in [0.25, 0.3) is 0 Å². The van der Waals surface area contributed by atoms with E-state index in [2.05, 4.69) is 5.32 Å². The molecule has 26 heavy (non-hydrogen) atoms. The summed E-state index contributed by atoms with van der Waals surface area (Å²) in [6.45, 7) is 3.92. The van der Waals surface area contributed by atoms with Crippen molar-refractivity contribution in [3.8, 4) is 0 Å². The summed E-state index contributed by atoms with van der Waals surface area (Å²) in [4.78, 5) is 26.6. The maximum Gasteiger partial charge on any atom is 0.242 e. The number of aryl methyl sites for hydroxylation is 1. The molecule has 2 rings (SSSR count). The zero-order chi connectivity index (χ0) is 19.3. The molecule has 0 fully saturated rings. The minimum absolute atomic E-state index is 0.141. The number of likely N-dealkylation sites (N-methyl/N-ethyl adjacent to an activating group) is 1. The summed E-state index contributed by atoms with van der Waals surface area (Å²) in [6, 6.07) is 12.3. The molecule has 0 spiro atoms. The number of rotatable bonds is 6. The summed E-state index contributed by atoms with van der Waals surface area (Å²) in [7, 11) is 1.55. The van der Waals surface area contributed by atoms with Gasteiger partial charge in [0.05, 0.1) is 6.42 Å². The Morgan fingerprint density at radius 2 is 1.88 bits per heavy atom. The number of hydrogen-bond donors (Lipinski definition) is 1. The molecule has 0 saturated carbocycles.